The van der Waals surface area contributed by atoms with Crippen molar-refractivity contribution < 1.29 is 4.74 Å². The van der Waals surface area contributed by atoms with Gasteiger partial charge in [-0.15, -0.1) is 0 Å². The molecule has 0 spiro atoms. The van der Waals surface area contributed by atoms with Crippen molar-refractivity contribution >= 4 is 5.69 Å². The van der Waals surface area contributed by atoms with Gasteiger partial charge in [-0.2, -0.15) is 0 Å². The SMILES string of the molecule is COC1CC(C)Nc2ccc(C(C)C)cc21. The lowest BCUT2D eigenvalue weighted by Crippen LogP contribution is -2.26. The molecule has 2 nitrogen and oxygen atoms in total. The third-order valence-corrected chi connectivity index (χ3v) is 3.34. The first kappa shape index (κ1) is 11.5. The van der Waals surface area contributed by atoms with Crippen LogP contribution in [0.5, 0.6) is 0 Å². The van der Waals surface area contributed by atoms with Gasteiger partial charge in [-0.1, -0.05) is 26.0 Å². The number of nitrogens with one attached hydrogen (secondary N) is 1. The number of rotatable bonds is 2. The van der Waals surface area contributed by atoms with Crippen LogP contribution >= 0.6 is 0 Å². The predicted octanol–water partition coefficient (Wildman–Crippen LogP) is 3.70. The smallest absolute Gasteiger partial charge is 0.0860 e. The summed E-state index contributed by atoms with van der Waals surface area (Å²) in [6.07, 6.45) is 1.29. The summed E-state index contributed by atoms with van der Waals surface area (Å²) in [6.45, 7) is 6.65. The summed E-state index contributed by atoms with van der Waals surface area (Å²) < 4.78 is 5.58. The van der Waals surface area contributed by atoms with E-state index in [9.17, 15) is 0 Å². The van der Waals surface area contributed by atoms with E-state index in [-0.39, 0.29) is 6.10 Å². The minimum absolute atomic E-state index is 0.241. The average molecular weight is 219 g/mol. The maximum absolute atomic E-state index is 5.58. The van der Waals surface area contributed by atoms with Crippen molar-refractivity contribution in [2.45, 2.75) is 45.3 Å². The molecule has 1 aliphatic rings. The van der Waals surface area contributed by atoms with Gasteiger partial charge in [0.15, 0.2) is 0 Å². The third-order valence-electron chi connectivity index (χ3n) is 3.34. The predicted molar refractivity (Wildman–Crippen MR) is 68.0 cm³/mol. The van der Waals surface area contributed by atoms with E-state index in [1.807, 2.05) is 0 Å². The van der Waals surface area contributed by atoms with Crippen LogP contribution in [0.25, 0.3) is 0 Å². The number of ether oxygens (including phenoxy) is 1. The Bertz CT molecular complexity index is 373. The van der Waals surface area contributed by atoms with Crippen LogP contribution in [0.2, 0.25) is 0 Å². The van der Waals surface area contributed by atoms with Crippen LogP contribution in [0.15, 0.2) is 18.2 Å². The van der Waals surface area contributed by atoms with Crippen molar-refractivity contribution in [3.8, 4) is 0 Å². The zero-order valence-corrected chi connectivity index (χ0v) is 10.6. The molecule has 2 unspecified atom stereocenters. The molecule has 16 heavy (non-hydrogen) atoms. The van der Waals surface area contributed by atoms with Gasteiger partial charge in [0.25, 0.3) is 0 Å². The molecule has 1 aromatic carbocycles. The van der Waals surface area contributed by atoms with Crippen molar-refractivity contribution in [3.05, 3.63) is 29.3 Å². The highest BCUT2D eigenvalue weighted by atomic mass is 16.5. The molecule has 88 valence electrons. The molecule has 0 aliphatic carbocycles. The largest absolute Gasteiger partial charge is 0.382 e. The maximum atomic E-state index is 5.58. The lowest BCUT2D eigenvalue weighted by atomic mass is 9.91. The Balaban J connectivity index is 2.39. The van der Waals surface area contributed by atoms with Crippen LogP contribution in [0, 0.1) is 0 Å². The molecule has 0 radical (unpaired) electrons. The van der Waals surface area contributed by atoms with Gasteiger partial charge >= 0.3 is 0 Å². The van der Waals surface area contributed by atoms with E-state index in [1.165, 1.54) is 16.8 Å². The number of benzene rings is 1. The number of fused-ring (bicyclic) bond motifs is 1. The van der Waals surface area contributed by atoms with Crippen LogP contribution in [0.1, 0.15) is 50.3 Å². The quantitative estimate of drug-likeness (QED) is 0.819. The van der Waals surface area contributed by atoms with Crippen molar-refractivity contribution in [3.63, 3.8) is 0 Å². The van der Waals surface area contributed by atoms with Gasteiger partial charge in [-0.3, -0.25) is 0 Å². The van der Waals surface area contributed by atoms with Gasteiger partial charge < -0.3 is 10.1 Å². The summed E-state index contributed by atoms with van der Waals surface area (Å²) in [5.41, 5.74) is 3.93. The fourth-order valence-electron chi connectivity index (χ4n) is 2.33. The van der Waals surface area contributed by atoms with Gasteiger partial charge in [-0.25, -0.2) is 0 Å². The van der Waals surface area contributed by atoms with E-state index >= 15 is 0 Å². The molecule has 2 rings (SSSR count). The zero-order valence-electron chi connectivity index (χ0n) is 10.6. The lowest BCUT2D eigenvalue weighted by Gasteiger charge is -2.31. The highest BCUT2D eigenvalue weighted by Gasteiger charge is 2.24. The van der Waals surface area contributed by atoms with Crippen LogP contribution in [-0.2, 0) is 4.74 Å². The zero-order chi connectivity index (χ0) is 11.7. The van der Waals surface area contributed by atoms with Crippen LogP contribution in [0.3, 0.4) is 0 Å². The van der Waals surface area contributed by atoms with E-state index in [2.05, 4.69) is 44.3 Å². The highest BCUT2D eigenvalue weighted by Crippen LogP contribution is 2.36. The molecule has 0 amide bonds. The monoisotopic (exact) mass is 219 g/mol. The summed E-state index contributed by atoms with van der Waals surface area (Å²) in [4.78, 5) is 0. The minimum Gasteiger partial charge on any atom is -0.382 e. The Hall–Kier alpha value is -1.02. The van der Waals surface area contributed by atoms with Crippen molar-refractivity contribution in [2.75, 3.05) is 12.4 Å². The number of hydrogen-bond acceptors (Lipinski definition) is 2. The molecule has 0 saturated heterocycles. The van der Waals surface area contributed by atoms with Gasteiger partial charge in [0, 0.05) is 24.4 Å². The molecule has 0 bridgehead atoms. The molecule has 1 aliphatic heterocycles. The number of anilines is 1. The van der Waals surface area contributed by atoms with Gasteiger partial charge in [0.2, 0.25) is 0 Å². The molecule has 1 N–H and O–H groups in total. The van der Waals surface area contributed by atoms with E-state index in [1.54, 1.807) is 7.11 Å². The van der Waals surface area contributed by atoms with E-state index in [4.69, 9.17) is 4.74 Å². The molecule has 2 heteroatoms. The maximum Gasteiger partial charge on any atom is 0.0860 e. The Morgan fingerprint density at radius 3 is 2.75 bits per heavy atom. The van der Waals surface area contributed by atoms with Crippen LogP contribution in [0.4, 0.5) is 5.69 Å². The van der Waals surface area contributed by atoms with Crippen LogP contribution in [-0.4, -0.2) is 13.2 Å². The van der Waals surface area contributed by atoms with Gasteiger partial charge in [-0.05, 0) is 30.9 Å². The third kappa shape index (κ3) is 2.07. The summed E-state index contributed by atoms with van der Waals surface area (Å²) in [5.74, 6) is 0.571. The summed E-state index contributed by atoms with van der Waals surface area (Å²) >= 11 is 0. The minimum atomic E-state index is 0.241. The van der Waals surface area contributed by atoms with Crippen molar-refractivity contribution in [2.24, 2.45) is 0 Å². The summed E-state index contributed by atoms with van der Waals surface area (Å²) in [5, 5.41) is 3.51. The van der Waals surface area contributed by atoms with E-state index in [0.717, 1.165) is 6.42 Å². The molecule has 1 heterocycles. The molecule has 0 fully saturated rings. The molecule has 2 atom stereocenters. The molecule has 1 aromatic rings. The normalized spacial score (nSPS) is 24.1. The standard InChI is InChI=1S/C14H21NO/c1-9(2)11-5-6-13-12(8-11)14(16-4)7-10(3)15-13/h5-6,8-10,14-15H,7H2,1-4H3. The highest BCUT2D eigenvalue weighted by molar-refractivity contribution is 5.56. The first-order valence-corrected chi connectivity index (χ1v) is 6.05. The number of hydrogen-bond donors (Lipinski definition) is 1. The second-order valence-electron chi connectivity index (χ2n) is 5.01. The fourth-order valence-corrected chi connectivity index (χ4v) is 2.33. The Morgan fingerprint density at radius 2 is 2.12 bits per heavy atom. The van der Waals surface area contributed by atoms with E-state index in [0.29, 0.717) is 12.0 Å². The summed E-state index contributed by atoms with van der Waals surface area (Å²) in [6, 6.07) is 7.17. The molecule has 0 saturated carbocycles. The Morgan fingerprint density at radius 1 is 1.38 bits per heavy atom. The molecule has 0 aromatic heterocycles. The second-order valence-corrected chi connectivity index (χ2v) is 5.01. The second kappa shape index (κ2) is 4.46. The van der Waals surface area contributed by atoms with Crippen molar-refractivity contribution in [1.82, 2.24) is 0 Å². The lowest BCUT2D eigenvalue weighted by molar-refractivity contribution is 0.0894. The molecular weight excluding hydrogens is 198 g/mol. The summed E-state index contributed by atoms with van der Waals surface area (Å²) in [7, 11) is 1.80. The van der Waals surface area contributed by atoms with Gasteiger partial charge in [0.1, 0.15) is 0 Å². The van der Waals surface area contributed by atoms with E-state index < -0.39 is 0 Å². The van der Waals surface area contributed by atoms with Crippen molar-refractivity contribution in [1.29, 1.82) is 0 Å². The first-order chi connectivity index (χ1) is 7.61. The average Bonchev–Trinajstić information content (AvgIpc) is 2.27. The van der Waals surface area contributed by atoms with Gasteiger partial charge in [0.05, 0.1) is 6.10 Å². The van der Waals surface area contributed by atoms with Crippen LogP contribution < -0.4 is 5.32 Å². The topological polar surface area (TPSA) is 21.3 Å². The Labute approximate surface area is 98.0 Å². The number of methoxy groups -OCH3 is 1. The fraction of sp³-hybridized carbons (Fsp3) is 0.571. The first-order valence-electron chi connectivity index (χ1n) is 6.05. The molecular formula is C14H21NO. The Kier molecular flexibility index (Phi) is 3.20.